The van der Waals surface area contributed by atoms with E-state index in [0.717, 1.165) is 5.56 Å². The number of carbonyl (C=O) groups excluding carboxylic acids is 2. The molecule has 1 aromatic rings. The van der Waals surface area contributed by atoms with Crippen LogP contribution in [-0.4, -0.2) is 18.9 Å². The van der Waals surface area contributed by atoms with Crippen LogP contribution in [0.4, 0.5) is 11.4 Å². The van der Waals surface area contributed by atoms with E-state index in [-0.39, 0.29) is 11.8 Å². The average Bonchev–Trinajstić information content (AvgIpc) is 2.28. The molecular weight excluding hydrogens is 218 g/mol. The van der Waals surface area contributed by atoms with Gasteiger partial charge in [-0.05, 0) is 23.8 Å². The van der Waals surface area contributed by atoms with Crippen molar-refractivity contribution in [2.45, 2.75) is 6.92 Å². The van der Waals surface area contributed by atoms with E-state index >= 15 is 0 Å². The Hall–Kier alpha value is -2.30. The lowest BCUT2D eigenvalue weighted by atomic mass is 10.1. The number of benzene rings is 1. The highest BCUT2D eigenvalue weighted by Crippen LogP contribution is 2.20. The SMILES string of the molecule is CNC(=O)/C=C/c1ccc(NC(C)=O)c(N)c1. The normalized spacial score (nSPS) is 10.2. The zero-order valence-electron chi connectivity index (χ0n) is 9.78. The monoisotopic (exact) mass is 233 g/mol. The average molecular weight is 233 g/mol. The maximum atomic E-state index is 11.0. The van der Waals surface area contributed by atoms with Crippen LogP contribution in [0.25, 0.3) is 6.08 Å². The molecule has 0 atom stereocenters. The van der Waals surface area contributed by atoms with Gasteiger partial charge in [-0.2, -0.15) is 0 Å². The number of rotatable bonds is 3. The third-order valence-electron chi connectivity index (χ3n) is 2.06. The smallest absolute Gasteiger partial charge is 0.243 e. The molecule has 17 heavy (non-hydrogen) atoms. The Labute approximate surface area is 99.7 Å². The zero-order valence-corrected chi connectivity index (χ0v) is 9.78. The summed E-state index contributed by atoms with van der Waals surface area (Å²) in [6.07, 6.45) is 3.06. The summed E-state index contributed by atoms with van der Waals surface area (Å²) in [5.74, 6) is -0.361. The fourth-order valence-corrected chi connectivity index (χ4v) is 1.24. The van der Waals surface area contributed by atoms with Gasteiger partial charge in [-0.1, -0.05) is 6.07 Å². The van der Waals surface area contributed by atoms with Crippen LogP contribution in [0, 0.1) is 0 Å². The van der Waals surface area contributed by atoms with Crippen molar-refractivity contribution in [1.29, 1.82) is 0 Å². The fourth-order valence-electron chi connectivity index (χ4n) is 1.24. The summed E-state index contributed by atoms with van der Waals surface area (Å²) in [6.45, 7) is 1.42. The lowest BCUT2D eigenvalue weighted by molar-refractivity contribution is -0.116. The van der Waals surface area contributed by atoms with E-state index in [4.69, 9.17) is 5.73 Å². The third-order valence-corrected chi connectivity index (χ3v) is 2.06. The summed E-state index contributed by atoms with van der Waals surface area (Å²) in [5, 5.41) is 5.08. The summed E-state index contributed by atoms with van der Waals surface area (Å²) >= 11 is 0. The maximum absolute atomic E-state index is 11.0. The van der Waals surface area contributed by atoms with Gasteiger partial charge in [0, 0.05) is 20.0 Å². The third kappa shape index (κ3) is 3.98. The molecular formula is C12H15N3O2. The molecule has 90 valence electrons. The van der Waals surface area contributed by atoms with E-state index in [1.54, 1.807) is 31.3 Å². The lowest BCUT2D eigenvalue weighted by Gasteiger charge is -2.06. The number of hydrogen-bond donors (Lipinski definition) is 3. The van der Waals surface area contributed by atoms with Crippen molar-refractivity contribution in [1.82, 2.24) is 5.32 Å². The molecule has 0 fully saturated rings. The molecule has 5 heteroatoms. The zero-order chi connectivity index (χ0) is 12.8. The molecule has 0 aliphatic carbocycles. The van der Waals surface area contributed by atoms with Crippen LogP contribution >= 0.6 is 0 Å². The maximum Gasteiger partial charge on any atom is 0.243 e. The van der Waals surface area contributed by atoms with Crippen molar-refractivity contribution in [2.75, 3.05) is 18.1 Å². The van der Waals surface area contributed by atoms with Gasteiger partial charge in [-0.25, -0.2) is 0 Å². The Bertz CT molecular complexity index is 467. The molecule has 0 aliphatic heterocycles. The number of carbonyl (C=O) groups is 2. The van der Waals surface area contributed by atoms with Crippen LogP contribution in [-0.2, 0) is 9.59 Å². The second kappa shape index (κ2) is 5.69. The Morgan fingerprint density at radius 1 is 1.35 bits per heavy atom. The molecule has 2 amide bonds. The van der Waals surface area contributed by atoms with Crippen molar-refractivity contribution in [3.63, 3.8) is 0 Å². The van der Waals surface area contributed by atoms with Gasteiger partial charge in [0.2, 0.25) is 11.8 Å². The summed E-state index contributed by atoms with van der Waals surface area (Å²) in [4.78, 5) is 21.9. The number of likely N-dealkylation sites (N-methyl/N-ethyl adjacent to an activating group) is 1. The molecule has 0 saturated carbocycles. The van der Waals surface area contributed by atoms with Gasteiger partial charge in [-0.15, -0.1) is 0 Å². The fraction of sp³-hybridized carbons (Fsp3) is 0.167. The number of nitrogen functional groups attached to an aromatic ring is 1. The minimum atomic E-state index is -0.186. The van der Waals surface area contributed by atoms with Crippen LogP contribution < -0.4 is 16.4 Å². The van der Waals surface area contributed by atoms with Crippen molar-refractivity contribution in [3.8, 4) is 0 Å². The summed E-state index contributed by atoms with van der Waals surface area (Å²) < 4.78 is 0. The van der Waals surface area contributed by atoms with Crippen molar-refractivity contribution >= 4 is 29.3 Å². The Kier molecular flexibility index (Phi) is 4.28. The molecule has 0 radical (unpaired) electrons. The number of anilines is 2. The molecule has 0 bridgehead atoms. The van der Waals surface area contributed by atoms with Crippen molar-refractivity contribution < 1.29 is 9.59 Å². The second-order valence-corrected chi connectivity index (χ2v) is 3.48. The highest BCUT2D eigenvalue weighted by Gasteiger charge is 2.01. The summed E-state index contributed by atoms with van der Waals surface area (Å²) in [6, 6.07) is 5.14. The van der Waals surface area contributed by atoms with E-state index in [1.165, 1.54) is 13.0 Å². The summed E-state index contributed by atoms with van der Waals surface area (Å²) in [5.41, 5.74) is 7.57. The van der Waals surface area contributed by atoms with Crippen LogP contribution in [0.5, 0.6) is 0 Å². The first-order valence-corrected chi connectivity index (χ1v) is 5.10. The van der Waals surface area contributed by atoms with E-state index in [9.17, 15) is 9.59 Å². The molecule has 0 unspecified atom stereocenters. The number of amides is 2. The molecule has 0 aliphatic rings. The first kappa shape index (κ1) is 12.8. The quantitative estimate of drug-likeness (QED) is 0.537. The Balaban J connectivity index is 2.85. The molecule has 0 spiro atoms. The molecule has 0 saturated heterocycles. The highest BCUT2D eigenvalue weighted by molar-refractivity contribution is 5.94. The van der Waals surface area contributed by atoms with Crippen molar-refractivity contribution in [2.24, 2.45) is 0 Å². The first-order chi connectivity index (χ1) is 8.02. The van der Waals surface area contributed by atoms with E-state index < -0.39 is 0 Å². The molecule has 0 heterocycles. The second-order valence-electron chi connectivity index (χ2n) is 3.48. The molecule has 5 nitrogen and oxygen atoms in total. The molecule has 4 N–H and O–H groups in total. The minimum absolute atomic E-state index is 0.176. The lowest BCUT2D eigenvalue weighted by Crippen LogP contribution is -2.13. The van der Waals surface area contributed by atoms with Gasteiger partial charge >= 0.3 is 0 Å². The topological polar surface area (TPSA) is 84.2 Å². The van der Waals surface area contributed by atoms with Gasteiger partial charge in [0.05, 0.1) is 11.4 Å². The first-order valence-electron chi connectivity index (χ1n) is 5.10. The van der Waals surface area contributed by atoms with Gasteiger partial charge in [0.1, 0.15) is 0 Å². The Morgan fingerprint density at radius 3 is 2.59 bits per heavy atom. The Morgan fingerprint density at radius 2 is 2.06 bits per heavy atom. The molecule has 1 rings (SSSR count). The number of nitrogens with one attached hydrogen (secondary N) is 2. The largest absolute Gasteiger partial charge is 0.397 e. The van der Waals surface area contributed by atoms with Crippen LogP contribution in [0.2, 0.25) is 0 Å². The predicted octanol–water partition coefficient (Wildman–Crippen LogP) is 0.986. The van der Waals surface area contributed by atoms with E-state index in [1.807, 2.05) is 0 Å². The number of nitrogens with two attached hydrogens (primary N) is 1. The van der Waals surface area contributed by atoms with E-state index in [0.29, 0.717) is 11.4 Å². The van der Waals surface area contributed by atoms with Gasteiger partial charge in [0.25, 0.3) is 0 Å². The number of hydrogen-bond acceptors (Lipinski definition) is 3. The molecule has 0 aromatic heterocycles. The van der Waals surface area contributed by atoms with Gasteiger partial charge < -0.3 is 16.4 Å². The molecule has 1 aromatic carbocycles. The van der Waals surface area contributed by atoms with Crippen LogP contribution in [0.1, 0.15) is 12.5 Å². The standard InChI is InChI=1S/C12H15N3O2/c1-8(16)15-11-5-3-9(7-10(11)13)4-6-12(17)14-2/h3-7H,13H2,1-2H3,(H,14,17)(H,15,16)/b6-4+. The van der Waals surface area contributed by atoms with E-state index in [2.05, 4.69) is 10.6 Å². The predicted molar refractivity (Wildman–Crippen MR) is 68.3 cm³/mol. The van der Waals surface area contributed by atoms with Gasteiger partial charge in [0.15, 0.2) is 0 Å². The highest BCUT2D eigenvalue weighted by atomic mass is 16.2. The van der Waals surface area contributed by atoms with Gasteiger partial charge in [-0.3, -0.25) is 9.59 Å². The van der Waals surface area contributed by atoms with Crippen LogP contribution in [0.3, 0.4) is 0 Å². The minimum Gasteiger partial charge on any atom is -0.397 e. The summed E-state index contributed by atoms with van der Waals surface area (Å²) in [7, 11) is 1.56. The van der Waals surface area contributed by atoms with Crippen molar-refractivity contribution in [3.05, 3.63) is 29.8 Å². The van der Waals surface area contributed by atoms with Crippen LogP contribution in [0.15, 0.2) is 24.3 Å².